The molecule has 0 aliphatic heterocycles. The summed E-state index contributed by atoms with van der Waals surface area (Å²) in [5.41, 5.74) is 0.599. The lowest BCUT2D eigenvalue weighted by Gasteiger charge is -2.22. The predicted octanol–water partition coefficient (Wildman–Crippen LogP) is 3.45. The molecule has 3 N–H and O–H groups in total. The summed E-state index contributed by atoms with van der Waals surface area (Å²) >= 11 is 5.89. The van der Waals surface area contributed by atoms with Crippen LogP contribution in [0, 0.1) is 5.92 Å². The molecular weight excluding hydrogens is 356 g/mol. The number of methoxy groups -OCH3 is 1. The number of hydrogen-bond donors (Lipinski definition) is 3. The van der Waals surface area contributed by atoms with Crippen molar-refractivity contribution < 1.29 is 19.4 Å². The molecule has 0 aliphatic carbocycles. The van der Waals surface area contributed by atoms with Gasteiger partial charge in [0.15, 0.2) is 0 Å². The third kappa shape index (κ3) is 4.89. The number of carbonyl (C=O) groups excluding carboxylic acids is 2. The first-order valence-electron chi connectivity index (χ1n) is 8.06. The number of phenols is 1. The van der Waals surface area contributed by atoms with Gasteiger partial charge in [-0.1, -0.05) is 25.4 Å². The van der Waals surface area contributed by atoms with Crippen molar-refractivity contribution in [3.05, 3.63) is 53.1 Å². The van der Waals surface area contributed by atoms with Gasteiger partial charge in [-0.3, -0.25) is 9.59 Å². The normalized spacial score (nSPS) is 11.7. The molecule has 138 valence electrons. The van der Waals surface area contributed by atoms with Gasteiger partial charge in [-0.2, -0.15) is 0 Å². The lowest BCUT2D eigenvalue weighted by molar-refractivity contribution is -0.118. The molecule has 0 aromatic heterocycles. The van der Waals surface area contributed by atoms with Crippen LogP contribution in [0.4, 0.5) is 5.69 Å². The Labute approximate surface area is 157 Å². The SMILES string of the molecule is COc1ccc(C(=O)NC(C(=O)Nc2cc(Cl)ccc2O)C(C)C)cc1. The van der Waals surface area contributed by atoms with Crippen LogP contribution in [0.5, 0.6) is 11.5 Å². The summed E-state index contributed by atoms with van der Waals surface area (Å²) in [5.74, 6) is -0.461. The second kappa shape index (κ2) is 8.58. The largest absolute Gasteiger partial charge is 0.506 e. The number of nitrogens with one attached hydrogen (secondary N) is 2. The molecule has 0 heterocycles. The minimum atomic E-state index is -0.789. The fraction of sp³-hybridized carbons (Fsp3) is 0.263. The molecule has 2 amide bonds. The van der Waals surface area contributed by atoms with Crippen LogP contribution in [0.15, 0.2) is 42.5 Å². The molecule has 7 heteroatoms. The van der Waals surface area contributed by atoms with Crippen LogP contribution in [0.25, 0.3) is 0 Å². The van der Waals surface area contributed by atoms with E-state index >= 15 is 0 Å². The van der Waals surface area contributed by atoms with Crippen molar-refractivity contribution in [2.75, 3.05) is 12.4 Å². The zero-order valence-corrected chi connectivity index (χ0v) is 15.5. The minimum absolute atomic E-state index is 0.105. The molecule has 2 rings (SSSR count). The minimum Gasteiger partial charge on any atom is -0.506 e. The highest BCUT2D eigenvalue weighted by atomic mass is 35.5. The smallest absolute Gasteiger partial charge is 0.251 e. The number of benzene rings is 2. The Hall–Kier alpha value is -2.73. The summed E-state index contributed by atoms with van der Waals surface area (Å²) in [4.78, 5) is 25.0. The van der Waals surface area contributed by atoms with Crippen molar-refractivity contribution in [3.8, 4) is 11.5 Å². The number of aromatic hydroxyl groups is 1. The van der Waals surface area contributed by atoms with E-state index < -0.39 is 11.9 Å². The van der Waals surface area contributed by atoms with E-state index in [9.17, 15) is 14.7 Å². The number of carbonyl (C=O) groups is 2. The maximum Gasteiger partial charge on any atom is 0.251 e. The van der Waals surface area contributed by atoms with Gasteiger partial charge in [-0.05, 0) is 48.4 Å². The van der Waals surface area contributed by atoms with E-state index in [4.69, 9.17) is 16.3 Å². The summed E-state index contributed by atoms with van der Waals surface area (Å²) in [6, 6.07) is 10.1. The fourth-order valence-electron chi connectivity index (χ4n) is 2.32. The van der Waals surface area contributed by atoms with Gasteiger partial charge < -0.3 is 20.5 Å². The second-order valence-corrected chi connectivity index (χ2v) is 6.51. The van der Waals surface area contributed by atoms with E-state index in [1.165, 1.54) is 18.2 Å². The quantitative estimate of drug-likeness (QED) is 0.674. The van der Waals surface area contributed by atoms with Crippen molar-refractivity contribution in [2.24, 2.45) is 5.92 Å². The number of phenolic OH excluding ortho intramolecular Hbond substituents is 1. The molecule has 0 radical (unpaired) electrons. The molecular formula is C19H21ClN2O4. The number of amides is 2. The van der Waals surface area contributed by atoms with Crippen molar-refractivity contribution in [1.82, 2.24) is 5.32 Å². The molecule has 0 saturated heterocycles. The van der Waals surface area contributed by atoms with Crippen molar-refractivity contribution in [1.29, 1.82) is 0 Å². The average Bonchev–Trinajstić information content (AvgIpc) is 2.62. The van der Waals surface area contributed by atoms with E-state index in [-0.39, 0.29) is 23.3 Å². The number of halogens is 1. The lowest BCUT2D eigenvalue weighted by Crippen LogP contribution is -2.47. The highest BCUT2D eigenvalue weighted by Crippen LogP contribution is 2.27. The Morgan fingerprint density at radius 1 is 1.12 bits per heavy atom. The standard InChI is InChI=1S/C19H21ClN2O4/c1-11(2)17(19(25)21-15-10-13(20)6-9-16(15)23)22-18(24)12-4-7-14(26-3)8-5-12/h4-11,17,23H,1-3H3,(H,21,25)(H,22,24). The molecule has 0 bridgehead atoms. The van der Waals surface area contributed by atoms with Crippen LogP contribution in [-0.2, 0) is 4.79 Å². The summed E-state index contributed by atoms with van der Waals surface area (Å²) in [5, 5.41) is 15.5. The molecule has 1 unspecified atom stereocenters. The number of hydrogen-bond acceptors (Lipinski definition) is 4. The highest BCUT2D eigenvalue weighted by molar-refractivity contribution is 6.31. The maximum absolute atomic E-state index is 12.6. The van der Waals surface area contributed by atoms with Gasteiger partial charge in [0, 0.05) is 10.6 Å². The van der Waals surface area contributed by atoms with Gasteiger partial charge in [0.1, 0.15) is 17.5 Å². The molecule has 6 nitrogen and oxygen atoms in total. The average molecular weight is 377 g/mol. The Bertz CT molecular complexity index is 791. The van der Waals surface area contributed by atoms with Gasteiger partial charge in [0.2, 0.25) is 5.91 Å². The molecule has 0 fully saturated rings. The van der Waals surface area contributed by atoms with Crippen LogP contribution in [0.1, 0.15) is 24.2 Å². The highest BCUT2D eigenvalue weighted by Gasteiger charge is 2.25. The first-order chi connectivity index (χ1) is 12.3. The second-order valence-electron chi connectivity index (χ2n) is 6.07. The number of rotatable bonds is 6. The van der Waals surface area contributed by atoms with Gasteiger partial charge in [0.25, 0.3) is 5.91 Å². The Morgan fingerprint density at radius 2 is 1.77 bits per heavy atom. The molecule has 0 aliphatic rings. The number of anilines is 1. The molecule has 0 spiro atoms. The van der Waals surface area contributed by atoms with E-state index in [1.807, 2.05) is 13.8 Å². The number of ether oxygens (including phenoxy) is 1. The summed E-state index contributed by atoms with van der Waals surface area (Å²) < 4.78 is 5.06. The van der Waals surface area contributed by atoms with Crippen LogP contribution in [0.2, 0.25) is 5.02 Å². The topological polar surface area (TPSA) is 87.7 Å². The molecule has 26 heavy (non-hydrogen) atoms. The summed E-state index contributed by atoms with van der Waals surface area (Å²) in [7, 11) is 1.54. The molecule has 0 saturated carbocycles. The monoisotopic (exact) mass is 376 g/mol. The van der Waals surface area contributed by atoms with Crippen molar-refractivity contribution in [3.63, 3.8) is 0 Å². The Balaban J connectivity index is 2.13. The zero-order chi connectivity index (χ0) is 19.3. The molecule has 2 aromatic carbocycles. The van der Waals surface area contributed by atoms with E-state index in [1.54, 1.807) is 31.4 Å². The van der Waals surface area contributed by atoms with Gasteiger partial charge in [-0.15, -0.1) is 0 Å². The summed E-state index contributed by atoms with van der Waals surface area (Å²) in [6.45, 7) is 3.63. The molecule has 2 aromatic rings. The maximum atomic E-state index is 12.6. The lowest BCUT2D eigenvalue weighted by atomic mass is 10.0. The van der Waals surface area contributed by atoms with Crippen molar-refractivity contribution >= 4 is 29.1 Å². The fourth-order valence-corrected chi connectivity index (χ4v) is 2.49. The summed E-state index contributed by atoms with van der Waals surface area (Å²) in [6.07, 6.45) is 0. The first kappa shape index (κ1) is 19.6. The third-order valence-corrected chi connectivity index (χ3v) is 4.04. The first-order valence-corrected chi connectivity index (χ1v) is 8.44. The van der Waals surface area contributed by atoms with E-state index in [0.717, 1.165) is 0 Å². The van der Waals surface area contributed by atoms with Gasteiger partial charge >= 0.3 is 0 Å². The van der Waals surface area contributed by atoms with Crippen LogP contribution in [-0.4, -0.2) is 30.1 Å². The van der Waals surface area contributed by atoms with E-state index in [2.05, 4.69) is 10.6 Å². The van der Waals surface area contributed by atoms with Crippen LogP contribution < -0.4 is 15.4 Å². The molecule has 1 atom stereocenters. The van der Waals surface area contributed by atoms with E-state index in [0.29, 0.717) is 16.3 Å². The van der Waals surface area contributed by atoms with Crippen LogP contribution >= 0.6 is 11.6 Å². The Kier molecular flexibility index (Phi) is 6.46. The van der Waals surface area contributed by atoms with Crippen molar-refractivity contribution in [2.45, 2.75) is 19.9 Å². The van der Waals surface area contributed by atoms with Gasteiger partial charge in [0.05, 0.1) is 12.8 Å². The van der Waals surface area contributed by atoms with Gasteiger partial charge in [-0.25, -0.2) is 0 Å². The Morgan fingerprint density at radius 3 is 2.35 bits per heavy atom. The third-order valence-electron chi connectivity index (χ3n) is 3.80. The zero-order valence-electron chi connectivity index (χ0n) is 14.7. The predicted molar refractivity (Wildman–Crippen MR) is 101 cm³/mol. The van der Waals surface area contributed by atoms with Crippen LogP contribution in [0.3, 0.4) is 0 Å².